The Kier molecular flexibility index (Phi) is 5.67. The van der Waals surface area contributed by atoms with Gasteiger partial charge in [0.1, 0.15) is 5.57 Å². The third-order valence-electron chi connectivity index (χ3n) is 2.47. The van der Waals surface area contributed by atoms with Gasteiger partial charge in [-0.1, -0.05) is 0 Å². The lowest BCUT2D eigenvalue weighted by atomic mass is 10.0. The van der Waals surface area contributed by atoms with Gasteiger partial charge in [-0.05, 0) is 13.0 Å². The van der Waals surface area contributed by atoms with Crippen LogP contribution in [0.15, 0.2) is 17.8 Å². The predicted molar refractivity (Wildman–Crippen MR) is 69.0 cm³/mol. The average Bonchev–Trinajstić information content (AvgIpc) is 2.45. The lowest BCUT2D eigenvalue weighted by molar-refractivity contribution is -0.138. The topological polar surface area (TPSA) is 46.6 Å². The predicted octanol–water partition coefficient (Wildman–Crippen LogP) is 2.43. The minimum atomic E-state index is -2.13. The van der Waals surface area contributed by atoms with E-state index < -0.39 is 46.2 Å². The molecule has 120 valence electrons. The van der Waals surface area contributed by atoms with Crippen LogP contribution in [0.3, 0.4) is 0 Å². The molecule has 0 saturated heterocycles. The molecule has 0 aromatic heterocycles. The van der Waals surface area contributed by atoms with Crippen LogP contribution in [0, 0.1) is 23.3 Å². The number of esters is 1. The van der Waals surface area contributed by atoms with Crippen molar-refractivity contribution >= 4 is 11.8 Å². The Morgan fingerprint density at radius 2 is 1.73 bits per heavy atom. The highest BCUT2D eigenvalue weighted by Crippen LogP contribution is 2.21. The van der Waals surface area contributed by atoms with Crippen molar-refractivity contribution in [2.75, 3.05) is 20.7 Å². The molecule has 22 heavy (non-hydrogen) atoms. The summed E-state index contributed by atoms with van der Waals surface area (Å²) in [5.74, 6) is -10.2. The molecule has 4 nitrogen and oxygen atoms in total. The summed E-state index contributed by atoms with van der Waals surface area (Å²) < 4.78 is 57.6. The van der Waals surface area contributed by atoms with E-state index in [0.717, 1.165) is 6.20 Å². The van der Waals surface area contributed by atoms with Crippen molar-refractivity contribution in [1.82, 2.24) is 4.90 Å². The molecule has 1 rings (SSSR count). The normalized spacial score (nSPS) is 11.3. The van der Waals surface area contributed by atoms with E-state index in [-0.39, 0.29) is 12.7 Å². The molecule has 0 atom stereocenters. The molecule has 0 amide bonds. The number of rotatable bonds is 5. The van der Waals surface area contributed by atoms with Gasteiger partial charge in [-0.3, -0.25) is 4.79 Å². The highest BCUT2D eigenvalue weighted by Gasteiger charge is 2.28. The SMILES string of the molecule is CCOC(=O)C(=CN(C)C)C(=O)c1cc(F)c(F)c(F)c1F. The standard InChI is InChI=1S/C14H13F4NO3/c1-4-22-14(21)8(6-19(2)3)13(20)7-5-9(15)11(17)12(18)10(7)16/h5-6H,4H2,1-3H3. The number of nitrogens with zero attached hydrogens (tertiary/aromatic N) is 1. The Bertz CT molecular complexity index is 641. The quantitative estimate of drug-likeness (QED) is 0.122. The summed E-state index contributed by atoms with van der Waals surface area (Å²) in [6.45, 7) is 1.42. The molecule has 0 aliphatic heterocycles. The number of carbonyl (C=O) groups is 2. The fourth-order valence-corrected chi connectivity index (χ4v) is 1.55. The van der Waals surface area contributed by atoms with Crippen molar-refractivity contribution in [2.24, 2.45) is 0 Å². The summed E-state index contributed by atoms with van der Waals surface area (Å²) >= 11 is 0. The molecular formula is C14H13F4NO3. The van der Waals surface area contributed by atoms with E-state index in [1.165, 1.54) is 25.9 Å². The van der Waals surface area contributed by atoms with Crippen LogP contribution in [0.2, 0.25) is 0 Å². The molecule has 0 unspecified atom stereocenters. The van der Waals surface area contributed by atoms with Crippen LogP contribution in [0.25, 0.3) is 0 Å². The summed E-state index contributed by atoms with van der Waals surface area (Å²) in [5, 5.41) is 0. The largest absolute Gasteiger partial charge is 0.462 e. The number of ether oxygens (including phenoxy) is 1. The maximum atomic E-state index is 13.6. The van der Waals surface area contributed by atoms with E-state index in [1.807, 2.05) is 0 Å². The molecule has 1 aromatic rings. The minimum Gasteiger partial charge on any atom is -0.462 e. The van der Waals surface area contributed by atoms with Crippen molar-refractivity contribution in [3.63, 3.8) is 0 Å². The lowest BCUT2D eigenvalue weighted by Crippen LogP contribution is -2.21. The number of benzene rings is 1. The van der Waals surface area contributed by atoms with Crippen LogP contribution in [0.4, 0.5) is 17.6 Å². The Morgan fingerprint density at radius 3 is 2.23 bits per heavy atom. The molecule has 0 heterocycles. The van der Waals surface area contributed by atoms with Crippen LogP contribution in [-0.2, 0) is 9.53 Å². The van der Waals surface area contributed by atoms with Crippen molar-refractivity contribution in [1.29, 1.82) is 0 Å². The monoisotopic (exact) mass is 319 g/mol. The van der Waals surface area contributed by atoms with Crippen molar-refractivity contribution in [3.8, 4) is 0 Å². The fraction of sp³-hybridized carbons (Fsp3) is 0.286. The number of ketones is 1. The second-order valence-corrected chi connectivity index (χ2v) is 4.40. The van der Waals surface area contributed by atoms with Gasteiger partial charge in [-0.2, -0.15) is 0 Å². The summed E-state index contributed by atoms with van der Waals surface area (Å²) in [5.41, 5.74) is -1.74. The maximum absolute atomic E-state index is 13.6. The molecule has 0 fully saturated rings. The first-order valence-corrected chi connectivity index (χ1v) is 6.13. The van der Waals surface area contributed by atoms with Gasteiger partial charge in [-0.25, -0.2) is 22.4 Å². The zero-order valence-corrected chi connectivity index (χ0v) is 12.0. The van der Waals surface area contributed by atoms with Gasteiger partial charge in [0.05, 0.1) is 12.2 Å². The molecule has 0 spiro atoms. The number of hydrogen-bond donors (Lipinski definition) is 0. The highest BCUT2D eigenvalue weighted by molar-refractivity contribution is 6.24. The zero-order chi connectivity index (χ0) is 17.0. The molecule has 0 aliphatic carbocycles. The first kappa shape index (κ1) is 17.7. The molecule has 1 aromatic carbocycles. The summed E-state index contributed by atoms with van der Waals surface area (Å²) in [6.07, 6.45) is 1.01. The van der Waals surface area contributed by atoms with Crippen molar-refractivity contribution in [3.05, 3.63) is 46.7 Å². The van der Waals surface area contributed by atoms with Gasteiger partial charge in [0.25, 0.3) is 0 Å². The van der Waals surface area contributed by atoms with Crippen LogP contribution in [-0.4, -0.2) is 37.4 Å². The number of hydrogen-bond acceptors (Lipinski definition) is 4. The Labute approximate surface area is 124 Å². The van der Waals surface area contributed by atoms with Gasteiger partial charge in [0, 0.05) is 20.3 Å². The highest BCUT2D eigenvalue weighted by atomic mass is 19.2. The van der Waals surface area contributed by atoms with Crippen LogP contribution in [0.1, 0.15) is 17.3 Å². The van der Waals surface area contributed by atoms with Gasteiger partial charge in [0.2, 0.25) is 5.78 Å². The summed E-state index contributed by atoms with van der Waals surface area (Å²) in [7, 11) is 2.93. The summed E-state index contributed by atoms with van der Waals surface area (Å²) in [6, 6.07) is 0.193. The molecular weight excluding hydrogens is 306 g/mol. The van der Waals surface area contributed by atoms with Crippen LogP contribution < -0.4 is 0 Å². The van der Waals surface area contributed by atoms with Crippen LogP contribution >= 0.6 is 0 Å². The molecule has 0 bridgehead atoms. The third kappa shape index (κ3) is 3.63. The first-order chi connectivity index (χ1) is 10.2. The molecule has 0 saturated carbocycles. The van der Waals surface area contributed by atoms with E-state index >= 15 is 0 Å². The van der Waals surface area contributed by atoms with E-state index in [0.29, 0.717) is 0 Å². The minimum absolute atomic E-state index is 0.0640. The second-order valence-electron chi connectivity index (χ2n) is 4.40. The van der Waals surface area contributed by atoms with Gasteiger partial charge in [-0.15, -0.1) is 0 Å². The first-order valence-electron chi connectivity index (χ1n) is 6.13. The molecule has 0 N–H and O–H groups in total. The van der Waals surface area contributed by atoms with Crippen molar-refractivity contribution < 1.29 is 31.9 Å². The number of carbonyl (C=O) groups excluding carboxylic acids is 2. The smallest absolute Gasteiger partial charge is 0.343 e. The number of halogens is 4. The van der Waals surface area contributed by atoms with E-state index in [4.69, 9.17) is 0 Å². The van der Waals surface area contributed by atoms with Gasteiger partial charge >= 0.3 is 5.97 Å². The Balaban J connectivity index is 3.41. The second kappa shape index (κ2) is 7.06. The molecule has 8 heteroatoms. The fourth-order valence-electron chi connectivity index (χ4n) is 1.55. The van der Waals surface area contributed by atoms with Gasteiger partial charge in [0.15, 0.2) is 23.3 Å². The van der Waals surface area contributed by atoms with Crippen molar-refractivity contribution in [2.45, 2.75) is 6.92 Å². The number of Topliss-reactive ketones (excluding diaryl/α,β-unsaturated/α-hetero) is 1. The Morgan fingerprint density at radius 1 is 1.14 bits per heavy atom. The Hall–Kier alpha value is -2.38. The van der Waals surface area contributed by atoms with E-state index in [1.54, 1.807) is 0 Å². The lowest BCUT2D eigenvalue weighted by Gasteiger charge is -2.11. The third-order valence-corrected chi connectivity index (χ3v) is 2.47. The van der Waals surface area contributed by atoms with Crippen LogP contribution in [0.5, 0.6) is 0 Å². The zero-order valence-electron chi connectivity index (χ0n) is 12.0. The van der Waals surface area contributed by atoms with E-state index in [9.17, 15) is 27.2 Å². The van der Waals surface area contributed by atoms with Gasteiger partial charge < -0.3 is 9.64 Å². The average molecular weight is 319 g/mol. The molecule has 0 aliphatic rings. The van der Waals surface area contributed by atoms with E-state index in [2.05, 4.69) is 4.74 Å². The maximum Gasteiger partial charge on any atom is 0.343 e. The molecule has 0 radical (unpaired) electrons. The summed E-state index contributed by atoms with van der Waals surface area (Å²) in [4.78, 5) is 25.2.